The quantitative estimate of drug-likeness (QED) is 0.390. The molecule has 0 spiro atoms. The Bertz CT molecular complexity index is 607. The maximum absolute atomic E-state index is 13.3. The van der Waals surface area contributed by atoms with Gasteiger partial charge in [0.2, 0.25) is 0 Å². The molecule has 4 fully saturated rings. The van der Waals surface area contributed by atoms with Crippen molar-refractivity contribution in [3.8, 4) is 0 Å². The van der Waals surface area contributed by atoms with Gasteiger partial charge in [0.1, 0.15) is 0 Å². The van der Waals surface area contributed by atoms with E-state index in [1.54, 1.807) is 7.11 Å². The highest BCUT2D eigenvalue weighted by Gasteiger charge is 2.48. The molecule has 4 aliphatic rings. The van der Waals surface area contributed by atoms with Crippen LogP contribution in [0.5, 0.6) is 0 Å². The summed E-state index contributed by atoms with van der Waals surface area (Å²) in [6.07, 6.45) is 1.01. The third-order valence-corrected chi connectivity index (χ3v) is 9.59. The first kappa shape index (κ1) is 24.6. The molecule has 9 atom stereocenters. The number of hydrazine groups is 1. The van der Waals surface area contributed by atoms with E-state index in [0.29, 0.717) is 24.8 Å². The fourth-order valence-corrected chi connectivity index (χ4v) is 7.41. The molecule has 0 amide bonds. The monoisotopic (exact) mass is 504 g/mol. The van der Waals surface area contributed by atoms with E-state index in [0.717, 1.165) is 38.8 Å². The van der Waals surface area contributed by atoms with Gasteiger partial charge in [-0.3, -0.25) is 0 Å². The van der Waals surface area contributed by atoms with E-state index < -0.39 is 17.5 Å². The minimum atomic E-state index is -4.23. The molecule has 1 saturated carbocycles. The number of nitrogens with zero attached hydrogens (tertiary/aromatic N) is 1. The van der Waals surface area contributed by atoms with Gasteiger partial charge in [-0.1, -0.05) is 11.9 Å². The average molecular weight is 505 g/mol. The smallest absolute Gasteiger partial charge is 0.380 e. The third-order valence-electron chi connectivity index (χ3n) is 7.39. The highest BCUT2D eigenvalue weighted by Crippen LogP contribution is 2.43. The minimum Gasteiger partial charge on any atom is -0.380 e. The molecule has 0 radical (unpaired) electrons. The zero-order chi connectivity index (χ0) is 22.2. The summed E-state index contributed by atoms with van der Waals surface area (Å²) in [5.41, 5.74) is 3.69. The lowest BCUT2D eigenvalue weighted by Gasteiger charge is -2.41. The molecular formula is C20H33Cl2F3N4OS. The van der Waals surface area contributed by atoms with Crippen LogP contribution in [0.25, 0.3) is 0 Å². The first-order valence-electron chi connectivity index (χ1n) is 11.3. The lowest BCUT2D eigenvalue weighted by atomic mass is 9.87. The number of halogens is 5. The number of alkyl halides is 5. The molecule has 8 unspecified atom stereocenters. The third kappa shape index (κ3) is 5.78. The Labute approximate surface area is 197 Å². The van der Waals surface area contributed by atoms with Crippen molar-refractivity contribution in [1.82, 2.24) is 20.5 Å². The molecule has 0 aromatic carbocycles. The largest absolute Gasteiger partial charge is 0.393 e. The summed E-state index contributed by atoms with van der Waals surface area (Å²) in [6.45, 7) is 1.84. The summed E-state index contributed by atoms with van der Waals surface area (Å²) < 4.78 is 48.9. The van der Waals surface area contributed by atoms with E-state index in [1.807, 2.05) is 0 Å². The summed E-state index contributed by atoms with van der Waals surface area (Å²) in [5, 5.41) is 4.89. The van der Waals surface area contributed by atoms with Crippen LogP contribution in [-0.2, 0) is 4.74 Å². The predicted molar refractivity (Wildman–Crippen MR) is 119 cm³/mol. The van der Waals surface area contributed by atoms with Gasteiger partial charge >= 0.3 is 6.18 Å². The lowest BCUT2D eigenvalue weighted by Crippen LogP contribution is -2.58. The van der Waals surface area contributed by atoms with E-state index in [2.05, 4.69) is 20.5 Å². The van der Waals surface area contributed by atoms with E-state index in [4.69, 9.17) is 27.9 Å². The molecule has 5 nitrogen and oxygen atoms in total. The van der Waals surface area contributed by atoms with Crippen LogP contribution in [0.3, 0.4) is 0 Å². The molecule has 3 saturated heterocycles. The van der Waals surface area contributed by atoms with Crippen LogP contribution >= 0.6 is 35.1 Å². The molecule has 31 heavy (non-hydrogen) atoms. The molecule has 0 bridgehead atoms. The van der Waals surface area contributed by atoms with E-state index in [1.165, 1.54) is 11.9 Å². The molecule has 3 heterocycles. The molecule has 3 N–H and O–H groups in total. The molecule has 0 aromatic rings. The Morgan fingerprint density at radius 3 is 2.55 bits per heavy atom. The van der Waals surface area contributed by atoms with Crippen molar-refractivity contribution >= 4 is 35.1 Å². The van der Waals surface area contributed by atoms with Crippen LogP contribution < -0.4 is 15.5 Å². The normalized spacial score (nSPS) is 44.9. The highest BCUT2D eigenvalue weighted by molar-refractivity contribution is 7.98. The van der Waals surface area contributed by atoms with Gasteiger partial charge in [0.05, 0.1) is 23.6 Å². The summed E-state index contributed by atoms with van der Waals surface area (Å²) in [6, 6.07) is 0.549. The van der Waals surface area contributed by atoms with Crippen LogP contribution in [0.4, 0.5) is 13.2 Å². The topological polar surface area (TPSA) is 48.6 Å². The predicted octanol–water partition coefficient (Wildman–Crippen LogP) is 3.86. The lowest BCUT2D eigenvalue weighted by molar-refractivity contribution is -0.179. The SMILES string of the molecule is COC1CNCC(C2CC3C(Cl)CCC(NSC4CC[C@@H](Cl)C(C(F)(F)F)C4)N3N2)C1. The maximum atomic E-state index is 13.3. The van der Waals surface area contributed by atoms with Gasteiger partial charge in [-0.25, -0.2) is 15.2 Å². The highest BCUT2D eigenvalue weighted by atomic mass is 35.5. The first-order chi connectivity index (χ1) is 14.8. The van der Waals surface area contributed by atoms with Crippen molar-refractivity contribution in [2.45, 2.75) is 91.5 Å². The van der Waals surface area contributed by atoms with Crippen molar-refractivity contribution in [3.63, 3.8) is 0 Å². The Balaban J connectivity index is 1.33. The van der Waals surface area contributed by atoms with Crippen molar-refractivity contribution in [2.24, 2.45) is 11.8 Å². The van der Waals surface area contributed by atoms with Gasteiger partial charge in [0.15, 0.2) is 0 Å². The molecule has 1 aliphatic carbocycles. The van der Waals surface area contributed by atoms with Crippen LogP contribution in [0, 0.1) is 11.8 Å². The maximum Gasteiger partial charge on any atom is 0.393 e. The van der Waals surface area contributed by atoms with Crippen LogP contribution in [0.2, 0.25) is 0 Å². The number of rotatable bonds is 5. The summed E-state index contributed by atoms with van der Waals surface area (Å²) in [7, 11) is 1.76. The number of fused-ring (bicyclic) bond motifs is 1. The Hall–Kier alpha value is 0.520. The Morgan fingerprint density at radius 2 is 1.81 bits per heavy atom. The minimum absolute atomic E-state index is 0.0582. The number of hydrogen-bond donors (Lipinski definition) is 3. The van der Waals surface area contributed by atoms with Gasteiger partial charge in [0.25, 0.3) is 0 Å². The zero-order valence-electron chi connectivity index (χ0n) is 17.7. The van der Waals surface area contributed by atoms with Crippen molar-refractivity contribution in [1.29, 1.82) is 0 Å². The Kier molecular flexibility index (Phi) is 8.28. The fraction of sp³-hybridized carbons (Fsp3) is 1.00. The Morgan fingerprint density at radius 1 is 1.03 bits per heavy atom. The molecule has 180 valence electrons. The number of nitrogens with one attached hydrogen (secondary N) is 3. The molecule has 3 aliphatic heterocycles. The first-order valence-corrected chi connectivity index (χ1v) is 13.1. The molecule has 0 aromatic heterocycles. The number of methoxy groups -OCH3 is 1. The second-order valence-electron chi connectivity index (χ2n) is 9.40. The second kappa shape index (κ2) is 10.4. The van der Waals surface area contributed by atoms with E-state index in [9.17, 15) is 13.2 Å². The summed E-state index contributed by atoms with van der Waals surface area (Å²) in [5.74, 6) is -0.955. The summed E-state index contributed by atoms with van der Waals surface area (Å²) in [4.78, 5) is 0. The van der Waals surface area contributed by atoms with Crippen LogP contribution in [0.1, 0.15) is 44.9 Å². The molecule has 11 heteroatoms. The van der Waals surface area contributed by atoms with Crippen molar-refractivity contribution < 1.29 is 17.9 Å². The number of piperidine rings is 2. The van der Waals surface area contributed by atoms with E-state index >= 15 is 0 Å². The summed E-state index contributed by atoms with van der Waals surface area (Å²) >= 11 is 14.1. The van der Waals surface area contributed by atoms with Crippen LogP contribution in [0.15, 0.2) is 0 Å². The van der Waals surface area contributed by atoms with Gasteiger partial charge in [0, 0.05) is 36.4 Å². The number of ether oxygens (including phenoxy) is 1. The van der Waals surface area contributed by atoms with Gasteiger partial charge in [-0.15, -0.1) is 23.2 Å². The van der Waals surface area contributed by atoms with Gasteiger partial charge < -0.3 is 10.1 Å². The average Bonchev–Trinajstić information content (AvgIpc) is 3.20. The van der Waals surface area contributed by atoms with Crippen molar-refractivity contribution in [3.05, 3.63) is 0 Å². The van der Waals surface area contributed by atoms with Crippen LogP contribution in [-0.4, -0.2) is 71.7 Å². The second-order valence-corrected chi connectivity index (χ2v) is 11.7. The fourth-order valence-electron chi connectivity index (χ4n) is 5.55. The number of hydrogen-bond acceptors (Lipinski definition) is 6. The molecular weight excluding hydrogens is 472 g/mol. The molecule has 4 rings (SSSR count). The zero-order valence-corrected chi connectivity index (χ0v) is 20.0. The van der Waals surface area contributed by atoms with Gasteiger partial charge in [-0.2, -0.15) is 13.2 Å². The standard InChI is InChI=1S/C20H33Cl2F3N4OS/c1-30-12-6-11(9-26-10-12)17-8-18-16(22)4-5-19(29(18)27-17)28-31-13-2-3-15(21)14(7-13)20(23,24)25/h11-19,26-28H,2-10H2,1H3/t11?,12?,13?,14?,15-,16?,17?,18?,19?/m1/s1. The van der Waals surface area contributed by atoms with Crippen molar-refractivity contribution in [2.75, 3.05) is 20.2 Å². The van der Waals surface area contributed by atoms with Gasteiger partial charge in [-0.05, 0) is 57.4 Å². The van der Waals surface area contributed by atoms with E-state index in [-0.39, 0.29) is 35.4 Å².